The molecule has 0 saturated heterocycles. The SMILES string of the molecule is COc1cc(/C=C2/C(C)=C(CC(=O)NCc3ccco3)c3cc(F)ncc32)cc(OC)c1B(O)O. The topological polar surface area (TPSA) is 114 Å². The van der Waals surface area contributed by atoms with Gasteiger partial charge in [-0.25, -0.2) is 4.98 Å². The number of hydrogen-bond acceptors (Lipinski definition) is 7. The standard InChI is InChI=1S/C25H24BFN2O6/c1-14-17(7-15-8-21(33-2)25(26(31)32)22(9-15)34-3)20-13-28-23(27)10-19(20)18(14)11-24(30)29-12-16-5-4-6-35-16/h4-10,13,31-32H,11-12H2,1-3H3,(H,29,30)/b17-7-. The second-order valence-electron chi connectivity index (χ2n) is 7.96. The van der Waals surface area contributed by atoms with Crippen molar-refractivity contribution in [2.45, 2.75) is 19.9 Å². The third-order valence-corrected chi connectivity index (χ3v) is 5.86. The molecule has 0 spiro atoms. The number of aromatic nitrogens is 1. The van der Waals surface area contributed by atoms with Gasteiger partial charge < -0.3 is 29.3 Å². The monoisotopic (exact) mass is 478 g/mol. The summed E-state index contributed by atoms with van der Waals surface area (Å²) in [6.07, 6.45) is 4.85. The number of amides is 1. The number of fused-ring (bicyclic) bond motifs is 1. The molecule has 0 atom stereocenters. The molecule has 180 valence electrons. The number of hydrogen-bond donors (Lipinski definition) is 3. The molecule has 1 aromatic carbocycles. The summed E-state index contributed by atoms with van der Waals surface area (Å²) in [7, 11) is 1.05. The lowest BCUT2D eigenvalue weighted by molar-refractivity contribution is -0.120. The fourth-order valence-corrected chi connectivity index (χ4v) is 4.16. The molecule has 3 aromatic rings. The van der Waals surface area contributed by atoms with Gasteiger partial charge in [-0.3, -0.25) is 4.79 Å². The van der Waals surface area contributed by atoms with E-state index in [4.69, 9.17) is 13.9 Å². The summed E-state index contributed by atoms with van der Waals surface area (Å²) in [4.78, 5) is 16.5. The van der Waals surface area contributed by atoms with Crippen LogP contribution < -0.4 is 20.3 Å². The maximum absolute atomic E-state index is 14.1. The van der Waals surface area contributed by atoms with Gasteiger partial charge >= 0.3 is 7.12 Å². The summed E-state index contributed by atoms with van der Waals surface area (Å²) < 4.78 is 30.0. The van der Waals surface area contributed by atoms with Crippen molar-refractivity contribution in [3.8, 4) is 11.5 Å². The van der Waals surface area contributed by atoms with Crippen LogP contribution in [0.4, 0.5) is 4.39 Å². The molecule has 4 rings (SSSR count). The molecule has 1 aliphatic carbocycles. The molecule has 0 unspecified atom stereocenters. The van der Waals surface area contributed by atoms with E-state index in [2.05, 4.69) is 10.3 Å². The largest absolute Gasteiger partial charge is 0.497 e. The van der Waals surface area contributed by atoms with Crippen molar-refractivity contribution in [1.82, 2.24) is 10.3 Å². The van der Waals surface area contributed by atoms with Crippen LogP contribution in [0.15, 0.2) is 52.8 Å². The molecule has 3 N–H and O–H groups in total. The molecule has 10 heteroatoms. The molecular weight excluding hydrogens is 454 g/mol. The van der Waals surface area contributed by atoms with Crippen LogP contribution in [0.25, 0.3) is 17.2 Å². The van der Waals surface area contributed by atoms with Gasteiger partial charge in [0.05, 0.1) is 38.9 Å². The number of carbonyl (C=O) groups excluding carboxylic acids is 1. The van der Waals surface area contributed by atoms with Crippen LogP contribution in [0.3, 0.4) is 0 Å². The molecule has 8 nitrogen and oxygen atoms in total. The summed E-state index contributed by atoms with van der Waals surface area (Å²) in [6, 6.07) is 8.11. The van der Waals surface area contributed by atoms with E-state index in [9.17, 15) is 19.2 Å². The van der Waals surface area contributed by atoms with E-state index in [-0.39, 0.29) is 35.8 Å². The smallest absolute Gasteiger partial charge is 0.496 e. The lowest BCUT2D eigenvalue weighted by Gasteiger charge is -2.14. The average molecular weight is 478 g/mol. The van der Waals surface area contributed by atoms with E-state index < -0.39 is 13.1 Å². The van der Waals surface area contributed by atoms with Crippen LogP contribution in [0.5, 0.6) is 11.5 Å². The minimum atomic E-state index is -1.78. The molecule has 35 heavy (non-hydrogen) atoms. The van der Waals surface area contributed by atoms with Gasteiger partial charge in [-0.15, -0.1) is 0 Å². The molecule has 1 amide bonds. The Morgan fingerprint density at radius 2 is 1.91 bits per heavy atom. The minimum absolute atomic E-state index is 0.0443. The Bertz CT molecular complexity index is 1290. The van der Waals surface area contributed by atoms with Crippen LogP contribution in [-0.4, -0.2) is 42.3 Å². The van der Waals surface area contributed by atoms with E-state index in [0.29, 0.717) is 28.0 Å². The second kappa shape index (κ2) is 10.2. The number of nitrogens with one attached hydrogen (secondary N) is 1. The number of benzene rings is 1. The second-order valence-corrected chi connectivity index (χ2v) is 7.96. The molecule has 2 heterocycles. The normalized spacial score (nSPS) is 13.7. The zero-order valence-electron chi connectivity index (χ0n) is 19.5. The first-order valence-electron chi connectivity index (χ1n) is 10.8. The first kappa shape index (κ1) is 24.2. The highest BCUT2D eigenvalue weighted by Crippen LogP contribution is 2.43. The number of ether oxygens (including phenoxy) is 2. The van der Waals surface area contributed by atoms with Gasteiger partial charge in [0.2, 0.25) is 11.9 Å². The Labute approximate surface area is 201 Å². The van der Waals surface area contributed by atoms with Crippen molar-refractivity contribution in [3.05, 3.63) is 76.8 Å². The molecule has 0 fully saturated rings. The number of allylic oxidation sites excluding steroid dienone is 2. The summed E-state index contributed by atoms with van der Waals surface area (Å²) >= 11 is 0. The van der Waals surface area contributed by atoms with E-state index in [1.165, 1.54) is 32.7 Å². The maximum Gasteiger partial charge on any atom is 0.496 e. The van der Waals surface area contributed by atoms with Crippen molar-refractivity contribution in [2.24, 2.45) is 0 Å². The van der Waals surface area contributed by atoms with Crippen molar-refractivity contribution in [3.63, 3.8) is 0 Å². The molecule has 0 radical (unpaired) electrons. The van der Waals surface area contributed by atoms with Gasteiger partial charge in [0, 0.05) is 17.8 Å². The number of carbonyl (C=O) groups is 1. The van der Waals surface area contributed by atoms with Gasteiger partial charge in [-0.05, 0) is 65.1 Å². The molecule has 0 bridgehead atoms. The van der Waals surface area contributed by atoms with Crippen molar-refractivity contribution < 1.29 is 33.1 Å². The quantitative estimate of drug-likeness (QED) is 0.337. The average Bonchev–Trinajstić information content (AvgIpc) is 3.44. The van der Waals surface area contributed by atoms with Gasteiger partial charge in [-0.1, -0.05) is 0 Å². The summed E-state index contributed by atoms with van der Waals surface area (Å²) in [5.74, 6) is 0.230. The fourth-order valence-electron chi connectivity index (χ4n) is 4.16. The molecule has 0 aliphatic heterocycles. The first-order valence-corrected chi connectivity index (χ1v) is 10.8. The number of furan rings is 1. The lowest BCUT2D eigenvalue weighted by atomic mass is 9.78. The number of nitrogens with zero attached hydrogens (tertiary/aromatic N) is 1. The van der Waals surface area contributed by atoms with E-state index >= 15 is 0 Å². The highest BCUT2D eigenvalue weighted by Gasteiger charge is 2.28. The van der Waals surface area contributed by atoms with Crippen LogP contribution >= 0.6 is 0 Å². The highest BCUT2D eigenvalue weighted by molar-refractivity contribution is 6.61. The number of halogens is 1. The molecule has 0 saturated carbocycles. The molecule has 2 aromatic heterocycles. The predicted octanol–water partition coefficient (Wildman–Crippen LogP) is 2.54. The van der Waals surface area contributed by atoms with E-state index in [1.807, 2.05) is 13.0 Å². The third-order valence-electron chi connectivity index (χ3n) is 5.86. The van der Waals surface area contributed by atoms with Crippen LogP contribution in [0.2, 0.25) is 0 Å². The predicted molar refractivity (Wildman–Crippen MR) is 129 cm³/mol. The first-order chi connectivity index (χ1) is 16.8. The van der Waals surface area contributed by atoms with Crippen LogP contribution in [0, 0.1) is 5.95 Å². The Hall–Kier alpha value is -3.89. The van der Waals surface area contributed by atoms with E-state index in [0.717, 1.165) is 11.1 Å². The van der Waals surface area contributed by atoms with Crippen LogP contribution in [0.1, 0.15) is 35.8 Å². The number of methoxy groups -OCH3 is 2. The van der Waals surface area contributed by atoms with E-state index in [1.54, 1.807) is 24.3 Å². The number of rotatable bonds is 8. The molecular formula is C25H24BFN2O6. The highest BCUT2D eigenvalue weighted by atomic mass is 19.1. The lowest BCUT2D eigenvalue weighted by Crippen LogP contribution is -2.32. The molecule has 1 aliphatic rings. The summed E-state index contributed by atoms with van der Waals surface area (Å²) in [6.45, 7) is 2.11. The Morgan fingerprint density at radius 1 is 1.20 bits per heavy atom. The number of pyridine rings is 1. The van der Waals surface area contributed by atoms with Gasteiger partial charge in [0.15, 0.2) is 0 Å². The zero-order chi connectivity index (χ0) is 25.1. The zero-order valence-corrected chi connectivity index (χ0v) is 19.5. The van der Waals surface area contributed by atoms with Gasteiger partial charge in [0.1, 0.15) is 17.3 Å². The third kappa shape index (κ3) is 4.98. The maximum atomic E-state index is 14.1. The Kier molecular flexibility index (Phi) is 7.04. The summed E-state index contributed by atoms with van der Waals surface area (Å²) in [5, 5.41) is 22.3. The van der Waals surface area contributed by atoms with Crippen molar-refractivity contribution in [2.75, 3.05) is 14.2 Å². The van der Waals surface area contributed by atoms with Crippen molar-refractivity contribution in [1.29, 1.82) is 0 Å². The summed E-state index contributed by atoms with van der Waals surface area (Å²) in [5.41, 5.74) is 4.26. The minimum Gasteiger partial charge on any atom is -0.497 e. The Morgan fingerprint density at radius 3 is 2.51 bits per heavy atom. The fraction of sp³-hybridized carbons (Fsp3) is 0.200. The van der Waals surface area contributed by atoms with Crippen LogP contribution in [-0.2, 0) is 11.3 Å². The Balaban J connectivity index is 1.72. The van der Waals surface area contributed by atoms with Gasteiger partial charge in [0.25, 0.3) is 0 Å². The van der Waals surface area contributed by atoms with Crippen molar-refractivity contribution >= 4 is 35.7 Å². The van der Waals surface area contributed by atoms with Gasteiger partial charge in [-0.2, -0.15) is 4.39 Å².